The highest BCUT2D eigenvalue weighted by Crippen LogP contribution is 2.47. The van der Waals surface area contributed by atoms with Gasteiger partial charge in [0, 0.05) is 18.2 Å². The van der Waals surface area contributed by atoms with Crippen LogP contribution in [0.3, 0.4) is 0 Å². The largest absolute Gasteiger partial charge is 0.352 e. The highest BCUT2D eigenvalue weighted by atomic mass is 32.2. The van der Waals surface area contributed by atoms with E-state index >= 15 is 0 Å². The first kappa shape index (κ1) is 14.2. The number of thioether (sulfide) groups is 1. The number of amides is 2. The summed E-state index contributed by atoms with van der Waals surface area (Å²) in [7, 11) is 0. The summed E-state index contributed by atoms with van der Waals surface area (Å²) in [4.78, 5) is 26.3. The molecule has 112 valence electrons. The summed E-state index contributed by atoms with van der Waals surface area (Å²) in [5, 5.41) is 3.21. The van der Waals surface area contributed by atoms with Crippen molar-refractivity contribution < 1.29 is 9.59 Å². The van der Waals surface area contributed by atoms with Crippen LogP contribution < -0.4 is 5.32 Å². The average molecular weight is 296 g/mol. The Hall–Kier alpha value is -0.710. The molecule has 2 amide bonds. The van der Waals surface area contributed by atoms with Gasteiger partial charge in [0.25, 0.3) is 0 Å². The summed E-state index contributed by atoms with van der Waals surface area (Å²) in [5.41, 5.74) is 0. The zero-order valence-electron chi connectivity index (χ0n) is 12.2. The molecule has 0 aromatic carbocycles. The second kappa shape index (κ2) is 5.58. The van der Waals surface area contributed by atoms with Gasteiger partial charge in [0.15, 0.2) is 0 Å². The van der Waals surface area contributed by atoms with E-state index in [1.807, 2.05) is 4.90 Å². The molecule has 0 spiro atoms. The molecule has 0 aromatic heterocycles. The first-order valence-electron chi connectivity index (χ1n) is 7.87. The molecule has 3 aliphatic rings. The summed E-state index contributed by atoms with van der Waals surface area (Å²) in [5.74, 6) is 0.975. The third-order valence-electron chi connectivity index (χ3n) is 4.95. The SMILES string of the molecule is C[C@@]12CCC(=O)N1[C@H](C(=O)NC1CCCCCC1)CS2. The second-order valence-corrected chi connectivity index (χ2v) is 7.96. The Kier molecular flexibility index (Phi) is 3.98. The molecule has 2 saturated heterocycles. The summed E-state index contributed by atoms with van der Waals surface area (Å²) in [6.07, 6.45) is 8.66. The van der Waals surface area contributed by atoms with Crippen molar-refractivity contribution in [2.45, 2.75) is 75.2 Å². The van der Waals surface area contributed by atoms with Gasteiger partial charge in [0.2, 0.25) is 11.8 Å². The Labute approximate surface area is 125 Å². The van der Waals surface area contributed by atoms with Gasteiger partial charge in [-0.15, -0.1) is 11.8 Å². The zero-order chi connectivity index (χ0) is 14.2. The van der Waals surface area contributed by atoms with Crippen LogP contribution in [-0.2, 0) is 9.59 Å². The fourth-order valence-corrected chi connectivity index (χ4v) is 5.17. The maximum absolute atomic E-state index is 12.5. The Morgan fingerprint density at radius 2 is 2.00 bits per heavy atom. The third-order valence-corrected chi connectivity index (χ3v) is 6.45. The van der Waals surface area contributed by atoms with Gasteiger partial charge in [-0.25, -0.2) is 0 Å². The minimum absolute atomic E-state index is 0.0726. The van der Waals surface area contributed by atoms with Crippen LogP contribution in [0.5, 0.6) is 0 Å². The van der Waals surface area contributed by atoms with Gasteiger partial charge in [-0.05, 0) is 26.2 Å². The zero-order valence-corrected chi connectivity index (χ0v) is 13.0. The monoisotopic (exact) mass is 296 g/mol. The first-order chi connectivity index (χ1) is 9.60. The van der Waals surface area contributed by atoms with E-state index < -0.39 is 0 Å². The lowest BCUT2D eigenvalue weighted by atomic mass is 10.1. The van der Waals surface area contributed by atoms with Crippen LogP contribution in [0, 0.1) is 0 Å². The lowest BCUT2D eigenvalue weighted by Crippen LogP contribution is -2.52. The van der Waals surface area contributed by atoms with E-state index in [0.717, 1.165) is 25.0 Å². The number of nitrogens with one attached hydrogen (secondary N) is 1. The standard InChI is InChI=1S/C15H24N2O2S/c1-15-9-8-13(18)17(15)12(10-20-15)14(19)16-11-6-4-2-3-5-7-11/h11-12H,2-10H2,1H3,(H,16,19)/t12-,15+/m0/s1. The Bertz CT molecular complexity index is 407. The van der Waals surface area contributed by atoms with Crippen LogP contribution in [0.1, 0.15) is 58.3 Å². The molecule has 2 atom stereocenters. The van der Waals surface area contributed by atoms with E-state index in [9.17, 15) is 9.59 Å². The van der Waals surface area contributed by atoms with Crippen molar-refractivity contribution in [2.75, 3.05) is 5.75 Å². The van der Waals surface area contributed by atoms with Crippen molar-refractivity contribution in [1.82, 2.24) is 10.2 Å². The maximum Gasteiger partial charge on any atom is 0.243 e. The highest BCUT2D eigenvalue weighted by molar-refractivity contribution is 8.01. The van der Waals surface area contributed by atoms with E-state index in [1.54, 1.807) is 11.8 Å². The minimum atomic E-state index is -0.247. The molecule has 2 aliphatic heterocycles. The second-order valence-electron chi connectivity index (χ2n) is 6.46. The van der Waals surface area contributed by atoms with Gasteiger partial charge in [0.1, 0.15) is 6.04 Å². The Balaban J connectivity index is 1.64. The van der Waals surface area contributed by atoms with Gasteiger partial charge in [-0.2, -0.15) is 0 Å². The first-order valence-corrected chi connectivity index (χ1v) is 8.85. The van der Waals surface area contributed by atoms with Crippen LogP contribution in [0.25, 0.3) is 0 Å². The molecule has 1 aliphatic carbocycles. The Morgan fingerprint density at radius 1 is 1.30 bits per heavy atom. The Morgan fingerprint density at radius 3 is 2.70 bits per heavy atom. The molecule has 20 heavy (non-hydrogen) atoms. The molecule has 2 heterocycles. The molecule has 1 saturated carbocycles. The lowest BCUT2D eigenvalue weighted by Gasteiger charge is -2.30. The van der Waals surface area contributed by atoms with E-state index in [4.69, 9.17) is 0 Å². The fraction of sp³-hybridized carbons (Fsp3) is 0.867. The molecule has 0 unspecified atom stereocenters. The highest BCUT2D eigenvalue weighted by Gasteiger charge is 2.52. The number of carbonyl (C=O) groups excluding carboxylic acids is 2. The molecule has 4 nitrogen and oxygen atoms in total. The van der Waals surface area contributed by atoms with Gasteiger partial charge >= 0.3 is 0 Å². The van der Waals surface area contributed by atoms with Crippen LogP contribution in [0.15, 0.2) is 0 Å². The van der Waals surface area contributed by atoms with E-state index in [1.165, 1.54) is 25.7 Å². The van der Waals surface area contributed by atoms with Gasteiger partial charge in [-0.3, -0.25) is 9.59 Å². The molecule has 5 heteroatoms. The molecule has 0 bridgehead atoms. The third kappa shape index (κ3) is 2.57. The van der Waals surface area contributed by atoms with Crippen LogP contribution in [-0.4, -0.2) is 39.4 Å². The maximum atomic E-state index is 12.5. The summed E-state index contributed by atoms with van der Waals surface area (Å²) in [6, 6.07) is 0.0721. The predicted molar refractivity (Wildman–Crippen MR) is 80.4 cm³/mol. The fourth-order valence-electron chi connectivity index (χ4n) is 3.74. The summed E-state index contributed by atoms with van der Waals surface area (Å²) < 4.78 is 0. The van der Waals surface area contributed by atoms with Gasteiger partial charge in [0.05, 0.1) is 4.87 Å². The van der Waals surface area contributed by atoms with Crippen molar-refractivity contribution in [3.05, 3.63) is 0 Å². The molecule has 0 aromatic rings. The number of nitrogens with zero attached hydrogens (tertiary/aromatic N) is 1. The van der Waals surface area contributed by atoms with Crippen molar-refractivity contribution in [2.24, 2.45) is 0 Å². The minimum Gasteiger partial charge on any atom is -0.352 e. The summed E-state index contributed by atoms with van der Waals surface area (Å²) in [6.45, 7) is 2.10. The number of carbonyl (C=O) groups is 2. The van der Waals surface area contributed by atoms with Crippen molar-refractivity contribution in [1.29, 1.82) is 0 Å². The van der Waals surface area contributed by atoms with E-state index in [2.05, 4.69) is 12.2 Å². The molecular formula is C15H24N2O2S. The predicted octanol–water partition coefficient (Wildman–Crippen LogP) is 2.28. The number of hydrogen-bond donors (Lipinski definition) is 1. The van der Waals surface area contributed by atoms with Crippen LogP contribution in [0.4, 0.5) is 0 Å². The molecular weight excluding hydrogens is 272 g/mol. The topological polar surface area (TPSA) is 49.4 Å². The molecule has 0 radical (unpaired) electrons. The van der Waals surface area contributed by atoms with E-state index in [-0.39, 0.29) is 22.7 Å². The van der Waals surface area contributed by atoms with E-state index in [0.29, 0.717) is 12.5 Å². The number of hydrogen-bond acceptors (Lipinski definition) is 3. The normalized spacial score (nSPS) is 35.0. The average Bonchev–Trinajstić information content (AvgIpc) is 2.77. The number of rotatable bonds is 2. The quantitative estimate of drug-likeness (QED) is 0.795. The van der Waals surface area contributed by atoms with Crippen molar-refractivity contribution >= 4 is 23.6 Å². The lowest BCUT2D eigenvalue weighted by molar-refractivity contribution is -0.138. The number of fused-ring (bicyclic) bond motifs is 1. The summed E-state index contributed by atoms with van der Waals surface area (Å²) >= 11 is 1.77. The van der Waals surface area contributed by atoms with Gasteiger partial charge in [-0.1, -0.05) is 25.7 Å². The molecule has 1 N–H and O–H groups in total. The van der Waals surface area contributed by atoms with Gasteiger partial charge < -0.3 is 10.2 Å². The van der Waals surface area contributed by atoms with Crippen LogP contribution >= 0.6 is 11.8 Å². The smallest absolute Gasteiger partial charge is 0.243 e. The van der Waals surface area contributed by atoms with Crippen LogP contribution in [0.2, 0.25) is 0 Å². The van der Waals surface area contributed by atoms with Crippen molar-refractivity contribution in [3.8, 4) is 0 Å². The molecule has 3 fully saturated rings. The van der Waals surface area contributed by atoms with Crippen molar-refractivity contribution in [3.63, 3.8) is 0 Å². The molecule has 3 rings (SSSR count).